The van der Waals surface area contributed by atoms with Crippen LogP contribution in [0.3, 0.4) is 0 Å². The molecule has 0 saturated carbocycles. The first-order chi connectivity index (χ1) is 9.95. The van der Waals surface area contributed by atoms with Gasteiger partial charge in [-0.05, 0) is 60.5 Å². The van der Waals surface area contributed by atoms with Crippen molar-refractivity contribution in [2.75, 3.05) is 10.6 Å². The number of anilines is 2. The van der Waals surface area contributed by atoms with E-state index in [9.17, 15) is 4.39 Å². The lowest BCUT2D eigenvalue weighted by Crippen LogP contribution is -2.19. The summed E-state index contributed by atoms with van der Waals surface area (Å²) >= 11 is 5.22. The molecular formula is C17H19FN2S. The maximum Gasteiger partial charge on any atom is 0.175 e. The van der Waals surface area contributed by atoms with E-state index in [4.69, 9.17) is 12.2 Å². The normalized spacial score (nSPS) is 10.5. The second-order valence-corrected chi connectivity index (χ2v) is 5.75. The zero-order chi connectivity index (χ0) is 15.4. The highest BCUT2D eigenvalue weighted by atomic mass is 32.1. The van der Waals surface area contributed by atoms with Crippen LogP contribution in [0.4, 0.5) is 15.8 Å². The second kappa shape index (κ2) is 6.68. The summed E-state index contributed by atoms with van der Waals surface area (Å²) in [7, 11) is 0. The quantitative estimate of drug-likeness (QED) is 0.774. The molecule has 0 aliphatic rings. The summed E-state index contributed by atoms with van der Waals surface area (Å²) in [6, 6.07) is 12.9. The lowest BCUT2D eigenvalue weighted by atomic mass is 10.0. The van der Waals surface area contributed by atoms with Gasteiger partial charge in [-0.1, -0.05) is 32.0 Å². The minimum absolute atomic E-state index is 0.320. The fourth-order valence-corrected chi connectivity index (χ4v) is 2.20. The van der Waals surface area contributed by atoms with Gasteiger partial charge >= 0.3 is 0 Å². The third-order valence-corrected chi connectivity index (χ3v) is 3.41. The number of nitrogens with one attached hydrogen (secondary N) is 2. The Morgan fingerprint density at radius 3 is 2.33 bits per heavy atom. The standard InChI is InChI=1S/C17H19FN2S/c1-11(2)13-5-7-14(8-6-13)19-17(21)20-16-10-12(3)4-9-15(16)18/h4-11H,1-3H3,(H2,19,20,21). The monoisotopic (exact) mass is 302 g/mol. The minimum Gasteiger partial charge on any atom is -0.332 e. The molecule has 0 bridgehead atoms. The summed E-state index contributed by atoms with van der Waals surface area (Å²) in [6.07, 6.45) is 0. The number of benzene rings is 2. The van der Waals surface area contributed by atoms with E-state index < -0.39 is 0 Å². The molecule has 0 saturated heterocycles. The topological polar surface area (TPSA) is 24.1 Å². The summed E-state index contributed by atoms with van der Waals surface area (Å²) in [5.41, 5.74) is 3.50. The molecule has 2 N–H and O–H groups in total. The highest BCUT2D eigenvalue weighted by molar-refractivity contribution is 7.80. The largest absolute Gasteiger partial charge is 0.332 e. The molecule has 110 valence electrons. The molecule has 0 unspecified atom stereocenters. The highest BCUT2D eigenvalue weighted by Gasteiger charge is 2.05. The van der Waals surface area contributed by atoms with Gasteiger partial charge in [-0.2, -0.15) is 0 Å². The third kappa shape index (κ3) is 4.26. The first kappa shape index (κ1) is 15.4. The Morgan fingerprint density at radius 1 is 1.05 bits per heavy atom. The number of hydrogen-bond donors (Lipinski definition) is 2. The van der Waals surface area contributed by atoms with Crippen LogP contribution in [-0.2, 0) is 0 Å². The molecule has 0 amide bonds. The Balaban J connectivity index is 2.03. The number of halogens is 1. The van der Waals surface area contributed by atoms with Crippen LogP contribution < -0.4 is 10.6 Å². The summed E-state index contributed by atoms with van der Waals surface area (Å²) in [5, 5.41) is 6.31. The maximum atomic E-state index is 13.7. The third-order valence-electron chi connectivity index (χ3n) is 3.21. The lowest BCUT2D eigenvalue weighted by molar-refractivity contribution is 0.632. The fraction of sp³-hybridized carbons (Fsp3) is 0.235. The van der Waals surface area contributed by atoms with Gasteiger partial charge in [-0.15, -0.1) is 0 Å². The van der Waals surface area contributed by atoms with E-state index in [1.165, 1.54) is 11.6 Å². The lowest BCUT2D eigenvalue weighted by Gasteiger charge is -2.13. The van der Waals surface area contributed by atoms with E-state index in [1.54, 1.807) is 12.1 Å². The van der Waals surface area contributed by atoms with Crippen molar-refractivity contribution in [1.82, 2.24) is 0 Å². The fourth-order valence-electron chi connectivity index (χ4n) is 1.97. The average Bonchev–Trinajstić information content (AvgIpc) is 2.43. The average molecular weight is 302 g/mol. The second-order valence-electron chi connectivity index (χ2n) is 5.34. The molecule has 0 aliphatic carbocycles. The summed E-state index contributed by atoms with van der Waals surface area (Å²) < 4.78 is 13.7. The van der Waals surface area contributed by atoms with Crippen molar-refractivity contribution in [2.45, 2.75) is 26.7 Å². The van der Waals surface area contributed by atoms with E-state index in [1.807, 2.05) is 19.1 Å². The van der Waals surface area contributed by atoms with Gasteiger partial charge in [0.05, 0.1) is 5.69 Å². The Morgan fingerprint density at radius 2 is 1.71 bits per heavy atom. The van der Waals surface area contributed by atoms with Gasteiger partial charge in [-0.25, -0.2) is 4.39 Å². The van der Waals surface area contributed by atoms with Gasteiger partial charge in [0.1, 0.15) is 5.82 Å². The molecule has 21 heavy (non-hydrogen) atoms. The molecule has 0 aliphatic heterocycles. The van der Waals surface area contributed by atoms with E-state index in [2.05, 4.69) is 36.6 Å². The first-order valence-electron chi connectivity index (χ1n) is 6.90. The van der Waals surface area contributed by atoms with Crippen LogP contribution >= 0.6 is 12.2 Å². The maximum absolute atomic E-state index is 13.7. The van der Waals surface area contributed by atoms with E-state index >= 15 is 0 Å². The van der Waals surface area contributed by atoms with E-state index in [0.717, 1.165) is 11.3 Å². The minimum atomic E-state index is -0.320. The molecule has 2 rings (SSSR count). The van der Waals surface area contributed by atoms with Crippen LogP contribution in [0.25, 0.3) is 0 Å². The number of rotatable bonds is 3. The van der Waals surface area contributed by atoms with Gasteiger partial charge in [0.2, 0.25) is 0 Å². The summed E-state index contributed by atoms with van der Waals surface area (Å²) in [6.45, 7) is 6.20. The SMILES string of the molecule is Cc1ccc(F)c(NC(=S)Nc2ccc(C(C)C)cc2)c1. The Labute approximate surface area is 130 Å². The molecule has 4 heteroatoms. The van der Waals surface area contributed by atoms with E-state index in [0.29, 0.717) is 16.7 Å². The molecule has 0 spiro atoms. The molecule has 0 heterocycles. The van der Waals surface area contributed by atoms with Crippen molar-refractivity contribution in [3.05, 3.63) is 59.4 Å². The Kier molecular flexibility index (Phi) is 4.91. The van der Waals surface area contributed by atoms with Crippen LogP contribution in [0.15, 0.2) is 42.5 Å². The van der Waals surface area contributed by atoms with E-state index in [-0.39, 0.29) is 5.82 Å². The van der Waals surface area contributed by atoms with Crippen molar-refractivity contribution < 1.29 is 4.39 Å². The van der Waals surface area contributed by atoms with Gasteiger partial charge in [0.15, 0.2) is 5.11 Å². The molecule has 2 aromatic carbocycles. The van der Waals surface area contributed by atoms with Crippen molar-refractivity contribution >= 4 is 28.7 Å². The molecule has 0 fully saturated rings. The first-order valence-corrected chi connectivity index (χ1v) is 7.30. The Bertz CT molecular complexity index is 636. The summed E-state index contributed by atoms with van der Waals surface area (Å²) in [5.74, 6) is 0.172. The predicted octanol–water partition coefficient (Wildman–Crippen LogP) is 5.07. The number of thiocarbonyl (C=S) groups is 1. The molecule has 2 nitrogen and oxygen atoms in total. The van der Waals surface area contributed by atoms with Crippen molar-refractivity contribution in [2.24, 2.45) is 0 Å². The van der Waals surface area contributed by atoms with Gasteiger partial charge in [0.25, 0.3) is 0 Å². The smallest absolute Gasteiger partial charge is 0.175 e. The molecule has 2 aromatic rings. The molecular weight excluding hydrogens is 283 g/mol. The van der Waals surface area contributed by atoms with Crippen molar-refractivity contribution in [3.63, 3.8) is 0 Å². The van der Waals surface area contributed by atoms with Crippen LogP contribution in [0.1, 0.15) is 30.9 Å². The van der Waals surface area contributed by atoms with Gasteiger partial charge < -0.3 is 10.6 Å². The van der Waals surface area contributed by atoms with Gasteiger partial charge in [-0.3, -0.25) is 0 Å². The van der Waals surface area contributed by atoms with Crippen LogP contribution in [-0.4, -0.2) is 5.11 Å². The van der Waals surface area contributed by atoms with Crippen LogP contribution in [0, 0.1) is 12.7 Å². The van der Waals surface area contributed by atoms with Crippen LogP contribution in [0.5, 0.6) is 0 Å². The zero-order valence-corrected chi connectivity index (χ0v) is 13.2. The molecule has 0 aromatic heterocycles. The predicted molar refractivity (Wildman–Crippen MR) is 91.5 cm³/mol. The van der Waals surface area contributed by atoms with Crippen LogP contribution in [0.2, 0.25) is 0 Å². The zero-order valence-electron chi connectivity index (χ0n) is 12.4. The molecule has 0 radical (unpaired) electrons. The Hall–Kier alpha value is -1.94. The van der Waals surface area contributed by atoms with Crippen molar-refractivity contribution in [3.8, 4) is 0 Å². The van der Waals surface area contributed by atoms with Gasteiger partial charge in [0, 0.05) is 5.69 Å². The number of aryl methyl sites for hydroxylation is 1. The number of hydrogen-bond acceptors (Lipinski definition) is 1. The highest BCUT2D eigenvalue weighted by Crippen LogP contribution is 2.18. The summed E-state index contributed by atoms with van der Waals surface area (Å²) in [4.78, 5) is 0. The molecule has 0 atom stereocenters. The van der Waals surface area contributed by atoms with Crippen molar-refractivity contribution in [1.29, 1.82) is 0 Å².